The quantitative estimate of drug-likeness (QED) is 0.419. The lowest BCUT2D eigenvalue weighted by Crippen LogP contribution is -2.27. The first-order valence-corrected chi connectivity index (χ1v) is 14.8. The average molecular weight is 544 g/mol. The van der Waals surface area contributed by atoms with E-state index in [4.69, 9.17) is 9.52 Å². The fourth-order valence-corrected chi connectivity index (χ4v) is 5.47. The molecule has 3 aromatic rings. The molecular weight excluding hydrogens is 509 g/mol. The molecule has 11 heteroatoms. The summed E-state index contributed by atoms with van der Waals surface area (Å²) in [6.07, 6.45) is 7.03. The predicted molar refractivity (Wildman–Crippen MR) is 144 cm³/mol. The molecule has 0 aliphatic heterocycles. The molecule has 1 aliphatic rings. The van der Waals surface area contributed by atoms with E-state index in [-0.39, 0.29) is 23.1 Å². The summed E-state index contributed by atoms with van der Waals surface area (Å²) in [5.74, 6) is -0.419. The molecule has 1 amide bonds. The minimum Gasteiger partial charge on any atom is -0.490 e. The Labute approximate surface area is 222 Å². The van der Waals surface area contributed by atoms with Crippen molar-refractivity contribution in [2.75, 3.05) is 11.6 Å². The van der Waals surface area contributed by atoms with Crippen LogP contribution >= 0.6 is 0 Å². The third kappa shape index (κ3) is 5.82. The van der Waals surface area contributed by atoms with Crippen LogP contribution < -0.4 is 15.7 Å². The second-order valence-electron chi connectivity index (χ2n) is 9.87. The van der Waals surface area contributed by atoms with E-state index in [1.165, 1.54) is 35.4 Å². The number of nitrogens with zero attached hydrogens (tertiary/aromatic N) is 3. The number of halogens is 1. The van der Waals surface area contributed by atoms with Gasteiger partial charge >= 0.3 is 5.69 Å². The van der Waals surface area contributed by atoms with Crippen molar-refractivity contribution >= 4 is 21.3 Å². The van der Waals surface area contributed by atoms with Crippen LogP contribution in [-0.4, -0.2) is 36.8 Å². The van der Waals surface area contributed by atoms with Crippen LogP contribution in [-0.2, 0) is 23.2 Å². The molecule has 2 atom stereocenters. The van der Waals surface area contributed by atoms with Gasteiger partial charge in [0.15, 0.2) is 0 Å². The normalized spacial score (nSPS) is 16.6. The summed E-state index contributed by atoms with van der Waals surface area (Å²) in [6, 6.07) is 8.54. The first-order chi connectivity index (χ1) is 18.0. The lowest BCUT2D eigenvalue weighted by molar-refractivity contribution is 0.0997. The molecule has 1 heterocycles. The number of anilines is 1. The van der Waals surface area contributed by atoms with Gasteiger partial charge in [0.2, 0.25) is 0 Å². The molecule has 0 bridgehead atoms. The highest BCUT2D eigenvalue weighted by Gasteiger charge is 2.26. The number of hydrogen-bond acceptors (Lipinski definition) is 6. The molecule has 38 heavy (non-hydrogen) atoms. The number of aryl methyl sites for hydroxylation is 1. The van der Waals surface area contributed by atoms with Crippen LogP contribution in [0, 0.1) is 16.5 Å². The number of hydrogen-bond donors (Lipinski definition) is 2. The summed E-state index contributed by atoms with van der Waals surface area (Å²) in [6.45, 7) is 3.80. The molecule has 0 spiro atoms. The Morgan fingerprint density at radius 3 is 2.47 bits per heavy atom. The van der Waals surface area contributed by atoms with Gasteiger partial charge in [0.1, 0.15) is 23.1 Å². The van der Waals surface area contributed by atoms with Crippen LogP contribution in [0.2, 0.25) is 0 Å². The van der Waals surface area contributed by atoms with Gasteiger partial charge in [-0.1, -0.05) is 26.2 Å². The SMILES string of the molecule is CCc1nn(-c2cc(OC(C)C3CCCCC3)c(C(=O)Nc3ccc(S(C)(=N)=O)cc3)cc2F)c(=O)n1C. The molecule has 0 saturated heterocycles. The highest BCUT2D eigenvalue weighted by Crippen LogP contribution is 2.32. The van der Waals surface area contributed by atoms with Crippen LogP contribution in [0.15, 0.2) is 46.1 Å². The molecule has 9 nitrogen and oxygen atoms in total. The van der Waals surface area contributed by atoms with Gasteiger partial charge in [0, 0.05) is 36.4 Å². The summed E-state index contributed by atoms with van der Waals surface area (Å²) in [5, 5.41) is 6.99. The fraction of sp³-hybridized carbons (Fsp3) is 0.444. The van der Waals surface area contributed by atoms with Crippen LogP contribution in [0.25, 0.3) is 5.69 Å². The van der Waals surface area contributed by atoms with E-state index >= 15 is 4.39 Å². The number of rotatable bonds is 8. The van der Waals surface area contributed by atoms with Crippen molar-refractivity contribution < 1.29 is 18.1 Å². The molecule has 1 saturated carbocycles. The first kappa shape index (κ1) is 27.6. The first-order valence-electron chi connectivity index (χ1n) is 12.8. The van der Waals surface area contributed by atoms with Crippen molar-refractivity contribution in [2.24, 2.45) is 13.0 Å². The van der Waals surface area contributed by atoms with Gasteiger partial charge in [0.05, 0.1) is 21.4 Å². The third-order valence-corrected chi connectivity index (χ3v) is 8.27. The molecule has 2 N–H and O–H groups in total. The lowest BCUT2D eigenvalue weighted by Gasteiger charge is -2.29. The predicted octanol–water partition coefficient (Wildman–Crippen LogP) is 4.91. The van der Waals surface area contributed by atoms with E-state index in [0.29, 0.717) is 28.7 Å². The van der Waals surface area contributed by atoms with Crippen molar-refractivity contribution in [3.63, 3.8) is 0 Å². The summed E-state index contributed by atoms with van der Waals surface area (Å²) in [7, 11) is -1.31. The molecule has 4 rings (SSSR count). The molecule has 0 radical (unpaired) electrons. The van der Waals surface area contributed by atoms with E-state index in [1.54, 1.807) is 19.2 Å². The average Bonchev–Trinajstić information content (AvgIpc) is 3.18. The number of ether oxygens (including phenoxy) is 1. The zero-order chi connectivity index (χ0) is 27.6. The molecule has 1 aromatic heterocycles. The van der Waals surface area contributed by atoms with E-state index in [2.05, 4.69) is 10.4 Å². The molecule has 1 aliphatic carbocycles. The number of carbonyl (C=O) groups excluding carboxylic acids is 1. The fourth-order valence-electron chi connectivity index (χ4n) is 4.82. The lowest BCUT2D eigenvalue weighted by atomic mass is 9.86. The molecule has 204 valence electrons. The van der Waals surface area contributed by atoms with Gasteiger partial charge in [-0.2, -0.15) is 4.68 Å². The maximum Gasteiger partial charge on any atom is 0.350 e. The Balaban J connectivity index is 1.72. The summed E-state index contributed by atoms with van der Waals surface area (Å²) in [5.41, 5.74) is -0.208. The van der Waals surface area contributed by atoms with E-state index < -0.39 is 27.1 Å². The Kier molecular flexibility index (Phi) is 8.05. The Morgan fingerprint density at radius 2 is 1.89 bits per heavy atom. The number of amides is 1. The zero-order valence-corrected chi connectivity index (χ0v) is 22.9. The number of carbonyl (C=O) groups is 1. The van der Waals surface area contributed by atoms with Crippen LogP contribution in [0.5, 0.6) is 5.75 Å². The maximum absolute atomic E-state index is 15.4. The minimum atomic E-state index is -2.89. The number of nitrogens with one attached hydrogen (secondary N) is 2. The summed E-state index contributed by atoms with van der Waals surface area (Å²) >= 11 is 0. The van der Waals surface area contributed by atoms with Crippen LogP contribution in [0.1, 0.15) is 62.1 Å². The van der Waals surface area contributed by atoms with Gasteiger partial charge in [0.25, 0.3) is 5.91 Å². The Morgan fingerprint density at radius 1 is 1.24 bits per heavy atom. The van der Waals surface area contributed by atoms with E-state index in [0.717, 1.165) is 36.4 Å². The van der Waals surface area contributed by atoms with E-state index in [9.17, 15) is 13.8 Å². The van der Waals surface area contributed by atoms with Gasteiger partial charge in [-0.05, 0) is 56.0 Å². The van der Waals surface area contributed by atoms with Crippen LogP contribution in [0.4, 0.5) is 10.1 Å². The largest absolute Gasteiger partial charge is 0.490 e. The van der Waals surface area contributed by atoms with Gasteiger partial charge in [-0.25, -0.2) is 18.2 Å². The Hall–Kier alpha value is -3.47. The van der Waals surface area contributed by atoms with Crippen molar-refractivity contribution in [3.8, 4) is 11.4 Å². The third-order valence-electron chi connectivity index (χ3n) is 7.10. The monoisotopic (exact) mass is 543 g/mol. The standard InChI is InChI=1S/C27H34FN5O4S/c1-5-25-31-33(27(35)32(25)3)23-16-24(37-17(2)18-9-7-6-8-10-18)21(15-22(23)28)26(34)30-19-11-13-20(14-12-19)38(4,29)36/h11-18,29H,5-10H2,1-4H3,(H,30,34). The second kappa shape index (κ2) is 11.1. The number of benzene rings is 2. The van der Waals surface area contributed by atoms with Gasteiger partial charge < -0.3 is 10.1 Å². The number of aromatic nitrogens is 3. The van der Waals surface area contributed by atoms with Crippen LogP contribution in [0.3, 0.4) is 0 Å². The van der Waals surface area contributed by atoms with Crippen molar-refractivity contribution in [3.05, 3.63) is 64.1 Å². The molecule has 2 aromatic carbocycles. The van der Waals surface area contributed by atoms with E-state index in [1.807, 2.05) is 13.8 Å². The maximum atomic E-state index is 15.4. The molecule has 1 fully saturated rings. The topological polar surface area (TPSA) is 119 Å². The summed E-state index contributed by atoms with van der Waals surface area (Å²) < 4.78 is 43.7. The molecular formula is C27H34FN5O4S. The van der Waals surface area contributed by atoms with Gasteiger partial charge in [-0.15, -0.1) is 5.10 Å². The van der Waals surface area contributed by atoms with Crippen molar-refractivity contribution in [2.45, 2.75) is 63.4 Å². The van der Waals surface area contributed by atoms with Gasteiger partial charge in [-0.3, -0.25) is 9.36 Å². The second-order valence-corrected chi connectivity index (χ2v) is 12.0. The zero-order valence-electron chi connectivity index (χ0n) is 22.1. The summed E-state index contributed by atoms with van der Waals surface area (Å²) in [4.78, 5) is 26.4. The highest BCUT2D eigenvalue weighted by molar-refractivity contribution is 7.91. The van der Waals surface area contributed by atoms with Crippen molar-refractivity contribution in [1.29, 1.82) is 4.78 Å². The highest BCUT2D eigenvalue weighted by atomic mass is 32.2. The smallest absolute Gasteiger partial charge is 0.350 e. The minimum absolute atomic E-state index is 0.0162. The van der Waals surface area contributed by atoms with Crippen molar-refractivity contribution in [1.82, 2.24) is 14.3 Å². The Bertz CT molecular complexity index is 1490. The molecule has 2 unspecified atom stereocenters.